The van der Waals surface area contributed by atoms with Crippen molar-refractivity contribution in [3.63, 3.8) is 0 Å². The quantitative estimate of drug-likeness (QED) is 0.882. The van der Waals surface area contributed by atoms with Gasteiger partial charge in [0.15, 0.2) is 17.4 Å². The molecule has 0 fully saturated rings. The minimum Gasteiger partial charge on any atom is -0.486 e. The Morgan fingerprint density at radius 3 is 2.60 bits per heavy atom. The summed E-state index contributed by atoms with van der Waals surface area (Å²) in [5.41, 5.74) is 6.14. The first-order valence-corrected chi connectivity index (χ1v) is 6.38. The van der Waals surface area contributed by atoms with Crippen molar-refractivity contribution in [1.29, 1.82) is 0 Å². The van der Waals surface area contributed by atoms with Crippen molar-refractivity contribution in [2.45, 2.75) is 25.9 Å². The molecule has 1 unspecified atom stereocenters. The highest BCUT2D eigenvalue weighted by molar-refractivity contribution is 5.31. The van der Waals surface area contributed by atoms with E-state index in [1.165, 1.54) is 12.1 Å². The molecule has 4 nitrogen and oxygen atoms in total. The van der Waals surface area contributed by atoms with Gasteiger partial charge in [-0.2, -0.15) is 0 Å². The van der Waals surface area contributed by atoms with E-state index in [1.807, 2.05) is 0 Å². The Morgan fingerprint density at radius 2 is 2.05 bits per heavy atom. The number of ether oxygens (including phenoxy) is 1. The summed E-state index contributed by atoms with van der Waals surface area (Å²) in [5.74, 6) is -1.75. The molecule has 1 aromatic carbocycles. The summed E-state index contributed by atoms with van der Waals surface area (Å²) in [4.78, 5) is 3.87. The van der Waals surface area contributed by atoms with E-state index < -0.39 is 11.6 Å². The molecule has 6 heteroatoms. The van der Waals surface area contributed by atoms with E-state index >= 15 is 0 Å². The van der Waals surface area contributed by atoms with Gasteiger partial charge < -0.3 is 15.0 Å². The number of halogens is 2. The molecule has 0 radical (unpaired) electrons. The minimum atomic E-state index is -0.703. The van der Waals surface area contributed by atoms with Crippen molar-refractivity contribution >= 4 is 0 Å². The van der Waals surface area contributed by atoms with Crippen molar-refractivity contribution in [2.75, 3.05) is 6.61 Å². The zero-order valence-electron chi connectivity index (χ0n) is 11.2. The highest BCUT2D eigenvalue weighted by Gasteiger charge is 2.13. The van der Waals surface area contributed by atoms with E-state index in [1.54, 1.807) is 30.2 Å². The number of aromatic nitrogens is 2. The van der Waals surface area contributed by atoms with Crippen LogP contribution in [0, 0.1) is 11.6 Å². The topological polar surface area (TPSA) is 53.1 Å². The van der Waals surface area contributed by atoms with Crippen LogP contribution < -0.4 is 10.5 Å². The van der Waals surface area contributed by atoms with Gasteiger partial charge in [-0.05, 0) is 31.0 Å². The van der Waals surface area contributed by atoms with Crippen molar-refractivity contribution in [3.05, 3.63) is 48.1 Å². The smallest absolute Gasteiger partial charge is 0.190 e. The third kappa shape index (κ3) is 3.77. The lowest BCUT2D eigenvalue weighted by atomic mass is 10.1. The number of nitrogens with zero attached hydrogens (tertiary/aromatic N) is 2. The lowest BCUT2D eigenvalue weighted by Gasteiger charge is -2.11. The predicted molar refractivity (Wildman–Crippen MR) is 71.4 cm³/mol. The maximum atomic E-state index is 13.8. The first-order chi connectivity index (χ1) is 9.56. The Labute approximate surface area is 116 Å². The second kappa shape index (κ2) is 6.47. The lowest BCUT2D eigenvalue weighted by Crippen LogP contribution is -2.18. The second-order valence-electron chi connectivity index (χ2n) is 4.72. The number of benzene rings is 1. The molecule has 0 saturated carbocycles. The van der Waals surface area contributed by atoms with Gasteiger partial charge in [-0.15, -0.1) is 0 Å². The van der Waals surface area contributed by atoms with Crippen LogP contribution in [0.1, 0.15) is 12.5 Å². The summed E-state index contributed by atoms with van der Waals surface area (Å²) in [7, 11) is 0. The minimum absolute atomic E-state index is 0.151. The summed E-state index contributed by atoms with van der Waals surface area (Å²) >= 11 is 0. The SMILES string of the molecule is CC(N)Cc1cc(F)c(OCCn2ccnc2)c(F)c1. The Morgan fingerprint density at radius 1 is 1.35 bits per heavy atom. The standard InChI is InChI=1S/C14H17F2N3O/c1-10(17)6-11-7-12(15)14(13(16)8-11)20-5-4-19-3-2-18-9-19/h2-3,7-10H,4-6,17H2,1H3. The van der Waals surface area contributed by atoms with Crippen LogP contribution in [-0.2, 0) is 13.0 Å². The molecular weight excluding hydrogens is 264 g/mol. The molecule has 1 heterocycles. The molecular formula is C14H17F2N3O. The number of nitrogens with two attached hydrogens (primary N) is 1. The summed E-state index contributed by atoms with van der Waals surface area (Å²) in [6, 6.07) is 2.37. The molecule has 0 aliphatic carbocycles. The Balaban J connectivity index is 2.00. The van der Waals surface area contributed by atoms with Gasteiger partial charge in [0.2, 0.25) is 0 Å². The first-order valence-electron chi connectivity index (χ1n) is 6.38. The molecule has 108 valence electrons. The van der Waals surface area contributed by atoms with Crippen molar-refractivity contribution in [2.24, 2.45) is 5.73 Å². The second-order valence-corrected chi connectivity index (χ2v) is 4.72. The molecule has 0 amide bonds. The van der Waals surface area contributed by atoms with Gasteiger partial charge in [-0.1, -0.05) is 0 Å². The number of hydrogen-bond acceptors (Lipinski definition) is 3. The van der Waals surface area contributed by atoms with Gasteiger partial charge in [0.1, 0.15) is 6.61 Å². The van der Waals surface area contributed by atoms with Crippen LogP contribution in [0.3, 0.4) is 0 Å². The molecule has 2 aromatic rings. The molecule has 0 aliphatic rings. The van der Waals surface area contributed by atoms with E-state index in [0.29, 0.717) is 18.5 Å². The first kappa shape index (κ1) is 14.5. The average molecular weight is 281 g/mol. The molecule has 2 rings (SSSR count). The van der Waals surface area contributed by atoms with E-state index in [2.05, 4.69) is 4.98 Å². The summed E-state index contributed by atoms with van der Waals surface area (Å²) in [6.45, 7) is 2.42. The Bertz CT molecular complexity index is 533. The van der Waals surface area contributed by atoms with Crippen molar-refractivity contribution < 1.29 is 13.5 Å². The van der Waals surface area contributed by atoms with Gasteiger partial charge >= 0.3 is 0 Å². The molecule has 2 N–H and O–H groups in total. The molecule has 1 aromatic heterocycles. The lowest BCUT2D eigenvalue weighted by molar-refractivity contribution is 0.269. The number of imidazole rings is 1. The van der Waals surface area contributed by atoms with Gasteiger partial charge in [0.05, 0.1) is 12.9 Å². The predicted octanol–water partition coefficient (Wildman–Crippen LogP) is 2.13. The maximum absolute atomic E-state index is 13.8. The van der Waals surface area contributed by atoms with E-state index in [0.717, 1.165) is 0 Å². The van der Waals surface area contributed by atoms with Crippen molar-refractivity contribution in [1.82, 2.24) is 9.55 Å². The summed E-state index contributed by atoms with van der Waals surface area (Å²) < 4.78 is 34.5. The van der Waals surface area contributed by atoms with Gasteiger partial charge in [-0.25, -0.2) is 13.8 Å². The average Bonchev–Trinajstić information content (AvgIpc) is 2.84. The fourth-order valence-electron chi connectivity index (χ4n) is 1.91. The molecule has 0 spiro atoms. The van der Waals surface area contributed by atoms with Crippen LogP contribution in [0.25, 0.3) is 0 Å². The summed E-state index contributed by atoms with van der Waals surface area (Å²) in [5, 5.41) is 0. The molecule has 0 aliphatic heterocycles. The zero-order valence-corrected chi connectivity index (χ0v) is 11.2. The maximum Gasteiger partial charge on any atom is 0.190 e. The van der Waals surface area contributed by atoms with E-state index in [-0.39, 0.29) is 18.4 Å². The Kier molecular flexibility index (Phi) is 4.68. The molecule has 20 heavy (non-hydrogen) atoms. The normalized spacial score (nSPS) is 12.4. The number of rotatable bonds is 6. The monoisotopic (exact) mass is 281 g/mol. The van der Waals surface area contributed by atoms with Crippen LogP contribution in [0.4, 0.5) is 8.78 Å². The highest BCUT2D eigenvalue weighted by atomic mass is 19.1. The summed E-state index contributed by atoms with van der Waals surface area (Å²) in [6.07, 6.45) is 5.41. The zero-order chi connectivity index (χ0) is 14.5. The fraction of sp³-hybridized carbons (Fsp3) is 0.357. The van der Waals surface area contributed by atoms with Gasteiger partial charge in [0.25, 0.3) is 0 Å². The van der Waals surface area contributed by atoms with Crippen LogP contribution in [-0.4, -0.2) is 22.2 Å². The van der Waals surface area contributed by atoms with Gasteiger partial charge in [0, 0.05) is 18.4 Å². The van der Waals surface area contributed by atoms with Gasteiger partial charge in [-0.3, -0.25) is 0 Å². The van der Waals surface area contributed by atoms with Crippen LogP contribution in [0.2, 0.25) is 0 Å². The third-order valence-corrected chi connectivity index (χ3v) is 2.77. The molecule has 0 bridgehead atoms. The van der Waals surface area contributed by atoms with Crippen LogP contribution in [0.15, 0.2) is 30.9 Å². The molecule has 0 saturated heterocycles. The van der Waals surface area contributed by atoms with Crippen LogP contribution >= 0.6 is 0 Å². The Hall–Kier alpha value is -1.95. The third-order valence-electron chi connectivity index (χ3n) is 2.77. The van der Waals surface area contributed by atoms with Crippen LogP contribution in [0.5, 0.6) is 5.75 Å². The van der Waals surface area contributed by atoms with Crippen molar-refractivity contribution in [3.8, 4) is 5.75 Å². The highest BCUT2D eigenvalue weighted by Crippen LogP contribution is 2.24. The van der Waals surface area contributed by atoms with E-state index in [9.17, 15) is 8.78 Å². The largest absolute Gasteiger partial charge is 0.486 e. The fourth-order valence-corrected chi connectivity index (χ4v) is 1.91. The molecule has 1 atom stereocenters. The number of hydrogen-bond donors (Lipinski definition) is 1. The van der Waals surface area contributed by atoms with E-state index in [4.69, 9.17) is 10.5 Å².